The number of rotatable bonds is 4. The summed E-state index contributed by atoms with van der Waals surface area (Å²) < 4.78 is 26.9. The molecule has 116 valence electrons. The summed E-state index contributed by atoms with van der Waals surface area (Å²) in [6, 6.07) is 14.6. The molecule has 2 aromatic carbocycles. The van der Waals surface area contributed by atoms with Crippen LogP contribution in [0.2, 0.25) is 0 Å². The third-order valence-electron chi connectivity index (χ3n) is 2.69. The lowest BCUT2D eigenvalue weighted by Gasteiger charge is -2.08. The fourth-order valence-electron chi connectivity index (χ4n) is 1.71. The zero-order chi connectivity index (χ0) is 16.7. The third-order valence-corrected chi connectivity index (χ3v) is 4.09. The fourth-order valence-corrected chi connectivity index (χ4v) is 2.78. The van der Waals surface area contributed by atoms with Gasteiger partial charge in [-0.15, -0.1) is 0 Å². The van der Waals surface area contributed by atoms with E-state index in [0.29, 0.717) is 11.3 Å². The first-order valence-electron chi connectivity index (χ1n) is 6.56. The molecule has 0 saturated carbocycles. The number of carboxylic acids is 1. The van der Waals surface area contributed by atoms with Gasteiger partial charge in [0.2, 0.25) is 0 Å². The van der Waals surface area contributed by atoms with Crippen molar-refractivity contribution in [1.82, 2.24) is 0 Å². The van der Waals surface area contributed by atoms with Crippen LogP contribution < -0.4 is 4.72 Å². The fraction of sp³-hybridized carbons (Fsp3) is 0. The van der Waals surface area contributed by atoms with Crippen molar-refractivity contribution in [3.8, 4) is 11.8 Å². The average Bonchev–Trinajstić information content (AvgIpc) is 2.52. The van der Waals surface area contributed by atoms with E-state index in [0.717, 1.165) is 6.08 Å². The normalized spacial score (nSPS) is 10.8. The van der Waals surface area contributed by atoms with Crippen molar-refractivity contribution in [2.45, 2.75) is 4.90 Å². The van der Waals surface area contributed by atoms with Crippen molar-refractivity contribution >= 4 is 21.7 Å². The van der Waals surface area contributed by atoms with Gasteiger partial charge in [-0.1, -0.05) is 36.1 Å². The summed E-state index contributed by atoms with van der Waals surface area (Å²) in [5, 5.41) is 8.46. The Morgan fingerprint density at radius 2 is 1.83 bits per heavy atom. The molecule has 0 fully saturated rings. The van der Waals surface area contributed by atoms with Crippen LogP contribution in [0.3, 0.4) is 0 Å². The summed E-state index contributed by atoms with van der Waals surface area (Å²) in [5.41, 5.74) is 0.941. The molecule has 0 heterocycles. The van der Waals surface area contributed by atoms with Gasteiger partial charge in [-0.05, 0) is 36.4 Å². The van der Waals surface area contributed by atoms with Crippen molar-refractivity contribution in [1.29, 1.82) is 0 Å². The molecular weight excluding hydrogens is 314 g/mol. The standard InChI is InChI=1S/C17H13NO4S/c19-17(20)12-5-4-7-14-8-6-9-15(13-14)18-23(21,22)16-10-2-1-3-11-16/h1-3,5-6,8-13,18H,(H,19,20)/b12-5+. The number of anilines is 1. The number of nitrogens with one attached hydrogen (secondary N) is 1. The lowest BCUT2D eigenvalue weighted by molar-refractivity contribution is -0.131. The lowest BCUT2D eigenvalue weighted by Crippen LogP contribution is -2.12. The molecule has 0 amide bonds. The zero-order valence-corrected chi connectivity index (χ0v) is 12.7. The molecule has 0 bridgehead atoms. The maximum absolute atomic E-state index is 12.2. The minimum Gasteiger partial charge on any atom is -0.478 e. The molecule has 0 aliphatic rings. The van der Waals surface area contributed by atoms with E-state index < -0.39 is 16.0 Å². The first-order valence-corrected chi connectivity index (χ1v) is 8.05. The van der Waals surface area contributed by atoms with E-state index in [2.05, 4.69) is 16.6 Å². The Morgan fingerprint density at radius 3 is 2.52 bits per heavy atom. The van der Waals surface area contributed by atoms with E-state index in [-0.39, 0.29) is 4.90 Å². The van der Waals surface area contributed by atoms with Gasteiger partial charge in [0.15, 0.2) is 0 Å². The van der Waals surface area contributed by atoms with E-state index >= 15 is 0 Å². The molecule has 0 aromatic heterocycles. The van der Waals surface area contributed by atoms with Crippen molar-refractivity contribution in [2.24, 2.45) is 0 Å². The topological polar surface area (TPSA) is 83.5 Å². The molecular formula is C17H13NO4S. The summed E-state index contributed by atoms with van der Waals surface area (Å²) in [7, 11) is -3.66. The van der Waals surface area contributed by atoms with Crippen LogP contribution in [0, 0.1) is 11.8 Å². The van der Waals surface area contributed by atoms with Crippen LogP contribution in [0.25, 0.3) is 0 Å². The number of carboxylic acid groups (broad SMARTS) is 1. The molecule has 0 aliphatic carbocycles. The lowest BCUT2D eigenvalue weighted by atomic mass is 10.2. The molecule has 0 spiro atoms. The second-order valence-electron chi connectivity index (χ2n) is 4.44. The van der Waals surface area contributed by atoms with Crippen LogP contribution in [0.1, 0.15) is 5.56 Å². The number of aliphatic carboxylic acids is 1. The van der Waals surface area contributed by atoms with Crippen molar-refractivity contribution < 1.29 is 18.3 Å². The van der Waals surface area contributed by atoms with Gasteiger partial charge in [0, 0.05) is 11.6 Å². The molecule has 2 aromatic rings. The van der Waals surface area contributed by atoms with Crippen LogP contribution in [-0.2, 0) is 14.8 Å². The smallest absolute Gasteiger partial charge is 0.328 e. The number of hydrogen-bond acceptors (Lipinski definition) is 3. The van der Waals surface area contributed by atoms with Crippen LogP contribution in [0.15, 0.2) is 71.6 Å². The van der Waals surface area contributed by atoms with Gasteiger partial charge in [0.25, 0.3) is 10.0 Å². The molecule has 23 heavy (non-hydrogen) atoms. The molecule has 0 atom stereocenters. The molecule has 6 heteroatoms. The molecule has 0 saturated heterocycles. The monoisotopic (exact) mass is 327 g/mol. The van der Waals surface area contributed by atoms with Gasteiger partial charge >= 0.3 is 5.97 Å². The van der Waals surface area contributed by atoms with E-state index in [4.69, 9.17) is 5.11 Å². The second-order valence-corrected chi connectivity index (χ2v) is 6.12. The van der Waals surface area contributed by atoms with Gasteiger partial charge in [-0.3, -0.25) is 4.72 Å². The van der Waals surface area contributed by atoms with Crippen molar-refractivity contribution in [3.05, 3.63) is 72.3 Å². The van der Waals surface area contributed by atoms with Gasteiger partial charge in [0.1, 0.15) is 0 Å². The van der Waals surface area contributed by atoms with E-state index in [1.807, 2.05) is 0 Å². The molecule has 0 radical (unpaired) electrons. The number of sulfonamides is 1. The summed E-state index contributed by atoms with van der Waals surface area (Å²) in [6.07, 6.45) is 2.14. The van der Waals surface area contributed by atoms with Crippen molar-refractivity contribution in [2.75, 3.05) is 4.72 Å². The Kier molecular flexibility index (Phi) is 5.18. The summed E-state index contributed by atoms with van der Waals surface area (Å²) in [4.78, 5) is 10.5. The highest BCUT2D eigenvalue weighted by atomic mass is 32.2. The highest BCUT2D eigenvalue weighted by molar-refractivity contribution is 7.92. The summed E-state index contributed by atoms with van der Waals surface area (Å²) in [5.74, 6) is 4.22. The molecule has 0 unspecified atom stereocenters. The minimum atomic E-state index is -3.66. The first kappa shape index (κ1) is 16.3. The van der Waals surface area contributed by atoms with Crippen LogP contribution in [0.4, 0.5) is 5.69 Å². The minimum absolute atomic E-state index is 0.167. The Balaban J connectivity index is 2.19. The Bertz CT molecular complexity index is 891. The Hall–Kier alpha value is -3.04. The average molecular weight is 327 g/mol. The zero-order valence-electron chi connectivity index (χ0n) is 11.9. The maximum atomic E-state index is 12.2. The number of benzene rings is 2. The Labute approximate surface area is 134 Å². The highest BCUT2D eigenvalue weighted by Crippen LogP contribution is 2.16. The molecule has 5 nitrogen and oxygen atoms in total. The molecule has 2 N–H and O–H groups in total. The SMILES string of the molecule is O=C(O)/C=C/C#Cc1cccc(NS(=O)(=O)c2ccccc2)c1. The van der Waals surface area contributed by atoms with Crippen LogP contribution >= 0.6 is 0 Å². The summed E-state index contributed by atoms with van der Waals surface area (Å²) >= 11 is 0. The quantitative estimate of drug-likeness (QED) is 0.667. The van der Waals surface area contributed by atoms with Gasteiger partial charge in [0.05, 0.1) is 10.6 Å². The first-order chi connectivity index (χ1) is 11.0. The number of hydrogen-bond donors (Lipinski definition) is 2. The predicted molar refractivity (Wildman–Crippen MR) is 87.3 cm³/mol. The van der Waals surface area contributed by atoms with E-state index in [9.17, 15) is 13.2 Å². The molecule has 0 aliphatic heterocycles. The summed E-state index contributed by atoms with van der Waals surface area (Å²) in [6.45, 7) is 0. The Morgan fingerprint density at radius 1 is 1.09 bits per heavy atom. The molecule has 2 rings (SSSR count). The van der Waals surface area contributed by atoms with E-state index in [1.165, 1.54) is 18.2 Å². The predicted octanol–water partition coefficient (Wildman–Crippen LogP) is 2.48. The highest BCUT2D eigenvalue weighted by Gasteiger charge is 2.13. The van der Waals surface area contributed by atoms with Gasteiger partial charge in [-0.25, -0.2) is 13.2 Å². The van der Waals surface area contributed by atoms with Gasteiger partial charge < -0.3 is 5.11 Å². The van der Waals surface area contributed by atoms with Crippen LogP contribution in [0.5, 0.6) is 0 Å². The largest absolute Gasteiger partial charge is 0.478 e. The second kappa shape index (κ2) is 7.29. The number of allylic oxidation sites excluding steroid dienone is 1. The number of carbonyl (C=O) groups is 1. The third kappa shape index (κ3) is 5.02. The van der Waals surface area contributed by atoms with Crippen molar-refractivity contribution in [3.63, 3.8) is 0 Å². The maximum Gasteiger partial charge on any atom is 0.328 e. The van der Waals surface area contributed by atoms with Crippen LogP contribution in [-0.4, -0.2) is 19.5 Å². The van der Waals surface area contributed by atoms with E-state index in [1.54, 1.807) is 42.5 Å². The van der Waals surface area contributed by atoms with Gasteiger partial charge in [-0.2, -0.15) is 0 Å².